The molecule has 0 bridgehead atoms. The first-order chi connectivity index (χ1) is 25.8. The lowest BCUT2D eigenvalue weighted by Crippen LogP contribution is -2.28. The van der Waals surface area contributed by atoms with Crippen LogP contribution in [0.1, 0.15) is 22.3 Å². The van der Waals surface area contributed by atoms with Crippen molar-refractivity contribution in [2.75, 3.05) is 0 Å². The Bertz CT molecular complexity index is 2240. The van der Waals surface area contributed by atoms with E-state index in [0.717, 1.165) is 33.4 Å². The molecule has 8 nitrogen and oxygen atoms in total. The van der Waals surface area contributed by atoms with Crippen molar-refractivity contribution in [2.45, 2.75) is 5.41 Å². The minimum absolute atomic E-state index is 0.361. The van der Waals surface area contributed by atoms with Crippen LogP contribution < -0.4 is 9.05 Å². The predicted molar refractivity (Wildman–Crippen MR) is 248 cm³/mol. The lowest BCUT2D eigenvalue weighted by atomic mass is 9.68. The molecule has 0 aromatic heterocycles. The van der Waals surface area contributed by atoms with E-state index in [1.165, 1.54) is 0 Å². The van der Waals surface area contributed by atoms with E-state index in [9.17, 15) is 0 Å². The Morgan fingerprint density at radius 2 is 0.709 bits per heavy atom. The van der Waals surface area contributed by atoms with Crippen molar-refractivity contribution in [2.24, 2.45) is 18.1 Å². The fourth-order valence-electron chi connectivity index (χ4n) is 6.18. The van der Waals surface area contributed by atoms with Gasteiger partial charge in [-0.3, -0.25) is 9.05 Å². The molecule has 288 valence electrons. The van der Waals surface area contributed by atoms with Crippen LogP contribution in [0.25, 0.3) is 20.8 Å². The van der Waals surface area contributed by atoms with Gasteiger partial charge in [0.2, 0.25) is 0 Å². The highest BCUT2D eigenvalue weighted by molar-refractivity contribution is 8.31. The zero-order valence-electron chi connectivity index (χ0n) is 27.2. The summed E-state index contributed by atoms with van der Waals surface area (Å²) in [5, 5.41) is 0. The summed E-state index contributed by atoms with van der Waals surface area (Å²) in [6.45, 7) is 0. The van der Waals surface area contributed by atoms with E-state index in [2.05, 4.69) is 52.0 Å². The Morgan fingerprint density at radius 1 is 0.418 bits per heavy atom. The molecule has 2 heterocycles. The third-order valence-electron chi connectivity index (χ3n) is 7.94. The maximum atomic E-state index is 6.68. The molecule has 0 radical (unpaired) electrons. The number of halogens is 10. The SMILES string of the molecule is ClP1(Cl)=N[P+](Cl)(Oc2ccc(C3(c4ccc(O[P+]5(Cl)N=P(Cl)(Cl)[N-]P(Cl)(Cl)=N5)cc4)c4ccccc4-c4ccccc43)cc2)N=P(Cl)(Cl)[N-]1.c1ccccc1. The highest BCUT2D eigenvalue weighted by Crippen LogP contribution is 2.95. The normalized spacial score (nSPS) is 20.9. The molecule has 0 spiro atoms. The van der Waals surface area contributed by atoms with Crippen molar-refractivity contribution in [1.29, 1.82) is 0 Å². The number of rotatable bonds is 6. The van der Waals surface area contributed by atoms with Crippen molar-refractivity contribution in [3.63, 3.8) is 0 Å². The average molecular weight is 1050 g/mol. The molecule has 0 saturated carbocycles. The van der Waals surface area contributed by atoms with Crippen LogP contribution in [-0.2, 0) is 5.41 Å². The molecule has 0 N–H and O–H groups in total. The van der Waals surface area contributed by atoms with Gasteiger partial charge in [0.25, 0.3) is 0 Å². The van der Waals surface area contributed by atoms with Crippen LogP contribution in [0.3, 0.4) is 0 Å². The van der Waals surface area contributed by atoms with E-state index in [0.29, 0.717) is 11.5 Å². The highest BCUT2D eigenvalue weighted by atomic mass is 35.9. The van der Waals surface area contributed by atoms with E-state index in [4.69, 9.17) is 121 Å². The van der Waals surface area contributed by atoms with Gasteiger partial charge in [0.05, 0.1) is 5.41 Å². The number of hydrogen-bond donors (Lipinski definition) is 0. The average Bonchev–Trinajstić information content (AvgIpc) is 3.38. The molecule has 24 heteroatoms. The Hall–Kier alpha value is 0.300. The topological polar surface area (TPSA) is 96.1 Å². The molecule has 1 aliphatic carbocycles. The molecule has 0 atom stereocenters. The van der Waals surface area contributed by atoms with E-state index in [1.54, 1.807) is 24.3 Å². The number of benzene rings is 5. The molecule has 3 aliphatic rings. The number of nitrogens with zero attached hydrogens (tertiary/aromatic N) is 6. The minimum Gasteiger partial charge on any atom is -0.522 e. The van der Waals surface area contributed by atoms with Crippen molar-refractivity contribution in [3.8, 4) is 22.6 Å². The fraction of sp³-hybridized carbons (Fsp3) is 0.0323. The summed E-state index contributed by atoms with van der Waals surface area (Å²) in [5.74, 6) is -12.4. The smallest absolute Gasteiger partial charge is 0.522 e. The van der Waals surface area contributed by atoms with Crippen LogP contribution in [-0.4, -0.2) is 0 Å². The lowest BCUT2D eigenvalue weighted by Gasteiger charge is -2.34. The minimum atomic E-state index is -3.47. The first-order valence-electron chi connectivity index (χ1n) is 15.4. The summed E-state index contributed by atoms with van der Waals surface area (Å²) in [4.78, 5) is 7.91. The lowest BCUT2D eigenvalue weighted by molar-refractivity contribution is 0.608. The largest absolute Gasteiger partial charge is 0.526 e. The predicted octanol–water partition coefficient (Wildman–Crippen LogP) is 20.8. The zero-order valence-corrected chi connectivity index (χ0v) is 40.1. The number of fused-ring (bicyclic) bond motifs is 3. The Balaban J connectivity index is 0.000000708. The molecule has 2 aliphatic heterocycles. The monoisotopic (exact) mass is 1050 g/mol. The molecule has 5 aromatic rings. The third-order valence-corrected chi connectivity index (χ3v) is 31.8. The second-order valence-electron chi connectivity index (χ2n) is 11.5. The number of hydrogen-bond acceptors (Lipinski definition) is 6. The van der Waals surface area contributed by atoms with Crippen LogP contribution in [0.15, 0.2) is 152 Å². The van der Waals surface area contributed by atoms with Gasteiger partial charge in [-0.05, 0) is 57.6 Å². The van der Waals surface area contributed by atoms with Crippen molar-refractivity contribution in [3.05, 3.63) is 165 Å². The standard InChI is InChI=1S/C25H16Cl10N6O2P6.C6H6/c26-44(27)36-45(28,29)39-48(34,38-44)42-19-13-9-17(10-14-19)25(23-7-3-1-5-21(23)22-6-2-4-8-24(22)25)18-11-15-20(16-12-18)43-49(35)40-46(30,31)37-47(32,33)41-49;1-2-4-6-5-3-1/h1-16H;1-6H. The molecular weight excluding hydrogens is 1030 g/mol. The maximum Gasteiger partial charge on any atom is 0.526 e. The molecule has 8 rings (SSSR count). The zero-order chi connectivity index (χ0) is 39.3. The van der Waals surface area contributed by atoms with Crippen molar-refractivity contribution < 1.29 is 9.05 Å². The third kappa shape index (κ3) is 9.93. The van der Waals surface area contributed by atoms with Gasteiger partial charge in [-0.1, -0.05) is 217 Å². The van der Waals surface area contributed by atoms with Crippen molar-refractivity contribution >= 4 is 150 Å². The second-order valence-corrected chi connectivity index (χ2v) is 37.8. The molecule has 0 fully saturated rings. The van der Waals surface area contributed by atoms with Gasteiger partial charge in [0.1, 0.15) is 23.6 Å². The fourth-order valence-corrected chi connectivity index (χ4v) is 39.3. The quantitative estimate of drug-likeness (QED) is 0.155. The van der Waals surface area contributed by atoms with Gasteiger partial charge < -0.3 is 9.72 Å². The van der Waals surface area contributed by atoms with Gasteiger partial charge in [-0.25, -0.2) is 0 Å². The summed E-state index contributed by atoms with van der Waals surface area (Å²) in [7, 11) is -6.93. The van der Waals surface area contributed by atoms with E-state index < -0.39 is 43.3 Å². The van der Waals surface area contributed by atoms with Crippen LogP contribution in [0.4, 0.5) is 0 Å². The van der Waals surface area contributed by atoms with Gasteiger partial charge in [-0.15, -0.1) is 0 Å². The van der Waals surface area contributed by atoms with Crippen LogP contribution in [0.2, 0.25) is 0 Å². The van der Waals surface area contributed by atoms with E-state index in [-0.39, 0.29) is 0 Å². The molecule has 5 aromatic carbocycles. The van der Waals surface area contributed by atoms with Crippen LogP contribution in [0.5, 0.6) is 11.5 Å². The summed E-state index contributed by atoms with van der Waals surface area (Å²) >= 11 is 63.4. The summed E-state index contributed by atoms with van der Waals surface area (Å²) in [6.07, 6.45) is 0. The molecule has 0 saturated heterocycles. The van der Waals surface area contributed by atoms with E-state index >= 15 is 0 Å². The van der Waals surface area contributed by atoms with Gasteiger partial charge in [-0.2, -0.15) is 0 Å². The highest BCUT2D eigenvalue weighted by Gasteiger charge is 2.50. The molecular formula is C31H22Cl10N6O2P6. The Labute approximate surface area is 367 Å². The Kier molecular flexibility index (Phi) is 13.1. The Morgan fingerprint density at radius 3 is 1.02 bits per heavy atom. The molecule has 0 unspecified atom stereocenters. The van der Waals surface area contributed by atoms with Crippen LogP contribution in [0, 0.1) is 0 Å². The first kappa shape index (κ1) is 43.4. The van der Waals surface area contributed by atoms with Gasteiger partial charge >= 0.3 is 14.3 Å². The summed E-state index contributed by atoms with van der Waals surface area (Å²) in [6, 6.07) is 43.3. The molecule has 0 amide bonds. The molecule has 55 heavy (non-hydrogen) atoms. The van der Waals surface area contributed by atoms with Gasteiger partial charge in [0.15, 0.2) is 34.0 Å². The van der Waals surface area contributed by atoms with E-state index in [1.807, 2.05) is 84.9 Å². The van der Waals surface area contributed by atoms with Crippen molar-refractivity contribution in [1.82, 2.24) is 0 Å². The summed E-state index contributed by atoms with van der Waals surface area (Å²) in [5.41, 5.74) is 5.37. The van der Waals surface area contributed by atoms with Gasteiger partial charge in [0, 0.05) is 0 Å². The van der Waals surface area contributed by atoms with Crippen LogP contribution >= 0.6 is 150 Å². The maximum absolute atomic E-state index is 6.68. The summed E-state index contributed by atoms with van der Waals surface area (Å²) < 4.78 is 28.9. The first-order valence-corrected chi connectivity index (χ1v) is 34.5. The second kappa shape index (κ2) is 16.6.